The molecule has 0 unspecified atom stereocenters. The van der Waals surface area contributed by atoms with Crippen molar-refractivity contribution >= 4 is 17.7 Å². The number of carbonyl (C=O) groups excluding carboxylic acids is 3. The summed E-state index contributed by atoms with van der Waals surface area (Å²) in [7, 11) is 0. The summed E-state index contributed by atoms with van der Waals surface area (Å²) < 4.78 is 16.1. The first-order valence-electron chi connectivity index (χ1n) is 9.11. The van der Waals surface area contributed by atoms with Crippen LogP contribution in [0.3, 0.4) is 0 Å². The lowest BCUT2D eigenvalue weighted by Crippen LogP contribution is -2.30. The molecule has 0 spiro atoms. The maximum absolute atomic E-state index is 13.0. The van der Waals surface area contributed by atoms with Crippen LogP contribution < -0.4 is 14.8 Å². The number of hydrogen-bond donors (Lipinski definition) is 1. The van der Waals surface area contributed by atoms with Crippen LogP contribution in [0, 0.1) is 0 Å². The number of nitrogens with one attached hydrogen (secondary N) is 1. The lowest BCUT2D eigenvalue weighted by Gasteiger charge is -2.18. The van der Waals surface area contributed by atoms with Gasteiger partial charge in [0.15, 0.2) is 23.9 Å². The summed E-state index contributed by atoms with van der Waals surface area (Å²) in [6.45, 7) is 0.502. The van der Waals surface area contributed by atoms with E-state index in [9.17, 15) is 14.4 Å². The minimum atomic E-state index is -0.715. The molecule has 0 atom stereocenters. The molecule has 1 fully saturated rings. The number of benzene rings is 2. The number of hydrogen-bond acceptors (Lipinski definition) is 6. The molecule has 7 nitrogen and oxygen atoms in total. The Labute approximate surface area is 161 Å². The molecule has 0 bridgehead atoms. The Morgan fingerprint density at radius 3 is 2.43 bits per heavy atom. The summed E-state index contributed by atoms with van der Waals surface area (Å²) in [5, 5.41) is 2.74. The Hall–Kier alpha value is -3.35. The van der Waals surface area contributed by atoms with Crippen LogP contribution in [0.15, 0.2) is 42.5 Å². The number of ether oxygens (including phenoxy) is 3. The maximum atomic E-state index is 13.0. The molecule has 7 heteroatoms. The molecule has 1 heterocycles. The predicted octanol–water partition coefficient (Wildman–Crippen LogP) is 2.12. The smallest absolute Gasteiger partial charge is 0.339 e. The number of carbonyl (C=O) groups is 3. The van der Waals surface area contributed by atoms with Crippen molar-refractivity contribution in [3.63, 3.8) is 0 Å². The fourth-order valence-electron chi connectivity index (χ4n) is 2.91. The van der Waals surface area contributed by atoms with E-state index in [1.165, 1.54) is 6.07 Å². The first-order chi connectivity index (χ1) is 13.6. The molecule has 28 heavy (non-hydrogen) atoms. The van der Waals surface area contributed by atoms with Gasteiger partial charge in [0, 0.05) is 17.2 Å². The van der Waals surface area contributed by atoms with Gasteiger partial charge in [0.05, 0.1) is 5.56 Å². The molecule has 1 aliphatic carbocycles. The van der Waals surface area contributed by atoms with E-state index in [2.05, 4.69) is 5.32 Å². The van der Waals surface area contributed by atoms with Crippen LogP contribution in [0.25, 0.3) is 0 Å². The van der Waals surface area contributed by atoms with E-state index >= 15 is 0 Å². The van der Waals surface area contributed by atoms with Gasteiger partial charge in [-0.1, -0.05) is 18.2 Å². The topological polar surface area (TPSA) is 90.9 Å². The van der Waals surface area contributed by atoms with Crippen molar-refractivity contribution in [2.45, 2.75) is 18.9 Å². The highest BCUT2D eigenvalue weighted by molar-refractivity contribution is 6.14. The normalized spacial score (nSPS) is 14.9. The van der Waals surface area contributed by atoms with Gasteiger partial charge >= 0.3 is 5.97 Å². The van der Waals surface area contributed by atoms with Crippen LogP contribution in [0.4, 0.5) is 0 Å². The third kappa shape index (κ3) is 3.98. The summed E-state index contributed by atoms with van der Waals surface area (Å²) >= 11 is 0. The molecular weight excluding hydrogens is 362 g/mol. The van der Waals surface area contributed by atoms with E-state index in [0.29, 0.717) is 30.3 Å². The maximum Gasteiger partial charge on any atom is 0.339 e. The van der Waals surface area contributed by atoms with Gasteiger partial charge in [-0.15, -0.1) is 0 Å². The molecule has 144 valence electrons. The zero-order valence-corrected chi connectivity index (χ0v) is 15.1. The Balaban J connectivity index is 1.51. The molecule has 0 radical (unpaired) electrons. The molecule has 1 saturated carbocycles. The van der Waals surface area contributed by atoms with Gasteiger partial charge in [0.1, 0.15) is 13.2 Å². The fourth-order valence-corrected chi connectivity index (χ4v) is 2.91. The van der Waals surface area contributed by atoms with Crippen molar-refractivity contribution in [2.24, 2.45) is 0 Å². The van der Waals surface area contributed by atoms with Gasteiger partial charge in [0.2, 0.25) is 0 Å². The van der Waals surface area contributed by atoms with Crippen LogP contribution >= 0.6 is 0 Å². The van der Waals surface area contributed by atoms with Crippen molar-refractivity contribution in [1.29, 1.82) is 0 Å². The van der Waals surface area contributed by atoms with Gasteiger partial charge in [0.25, 0.3) is 5.91 Å². The molecule has 0 saturated heterocycles. The van der Waals surface area contributed by atoms with Gasteiger partial charge in [-0.3, -0.25) is 9.59 Å². The van der Waals surface area contributed by atoms with Crippen molar-refractivity contribution in [3.8, 4) is 11.5 Å². The Bertz CT molecular complexity index is 934. The second-order valence-electron chi connectivity index (χ2n) is 6.65. The van der Waals surface area contributed by atoms with Crippen molar-refractivity contribution < 1.29 is 28.6 Å². The summed E-state index contributed by atoms with van der Waals surface area (Å²) in [5.74, 6) is -0.322. The molecule has 4 rings (SSSR count). The predicted molar refractivity (Wildman–Crippen MR) is 98.8 cm³/mol. The van der Waals surface area contributed by atoms with Crippen LogP contribution in [0.1, 0.15) is 39.1 Å². The van der Waals surface area contributed by atoms with E-state index < -0.39 is 5.97 Å². The molecule has 1 N–H and O–H groups in total. The Morgan fingerprint density at radius 2 is 1.68 bits per heavy atom. The lowest BCUT2D eigenvalue weighted by molar-refractivity contribution is -0.124. The summed E-state index contributed by atoms with van der Waals surface area (Å²) in [5.41, 5.74) is 0.685. The van der Waals surface area contributed by atoms with Crippen molar-refractivity contribution in [1.82, 2.24) is 5.32 Å². The highest BCUT2D eigenvalue weighted by Gasteiger charge is 2.25. The number of rotatable bonds is 6. The average Bonchev–Trinajstić information content (AvgIpc) is 3.55. The zero-order chi connectivity index (χ0) is 19.5. The first-order valence-corrected chi connectivity index (χ1v) is 9.11. The van der Waals surface area contributed by atoms with E-state index in [0.717, 1.165) is 12.8 Å². The van der Waals surface area contributed by atoms with Crippen LogP contribution in [-0.2, 0) is 9.53 Å². The summed E-state index contributed by atoms with van der Waals surface area (Å²) in [6.07, 6.45) is 1.90. The lowest BCUT2D eigenvalue weighted by atomic mass is 9.98. The molecule has 2 aromatic rings. The van der Waals surface area contributed by atoms with Crippen LogP contribution in [0.5, 0.6) is 11.5 Å². The SMILES string of the molecule is O=C(COC(=O)c1ccccc1C(=O)c1ccc2c(c1)OCCO2)NC1CC1. The fraction of sp³-hybridized carbons (Fsp3) is 0.286. The average molecular weight is 381 g/mol. The van der Waals surface area contributed by atoms with Gasteiger partial charge in [-0.25, -0.2) is 4.79 Å². The van der Waals surface area contributed by atoms with E-state index in [1.54, 1.807) is 36.4 Å². The molecule has 0 aromatic heterocycles. The number of amides is 1. The highest BCUT2D eigenvalue weighted by Crippen LogP contribution is 2.31. The standard InChI is InChI=1S/C21H19NO6/c23-19(22-14-6-7-14)12-28-21(25)16-4-2-1-3-15(16)20(24)13-5-8-17-18(11-13)27-10-9-26-17/h1-5,8,11,14H,6-7,9-10,12H2,(H,22,23). The Morgan fingerprint density at radius 1 is 0.964 bits per heavy atom. The quantitative estimate of drug-likeness (QED) is 0.609. The van der Waals surface area contributed by atoms with E-state index in [-0.39, 0.29) is 35.5 Å². The largest absolute Gasteiger partial charge is 0.486 e. The van der Waals surface area contributed by atoms with Gasteiger partial charge in [-0.05, 0) is 37.1 Å². The van der Waals surface area contributed by atoms with E-state index in [4.69, 9.17) is 14.2 Å². The number of esters is 1. The highest BCUT2D eigenvalue weighted by atomic mass is 16.6. The zero-order valence-electron chi connectivity index (χ0n) is 15.1. The van der Waals surface area contributed by atoms with Crippen LogP contribution in [0.2, 0.25) is 0 Å². The molecule has 1 amide bonds. The van der Waals surface area contributed by atoms with Gasteiger partial charge < -0.3 is 19.5 Å². The van der Waals surface area contributed by atoms with Crippen LogP contribution in [-0.4, -0.2) is 43.5 Å². The minimum absolute atomic E-state index is 0.113. The van der Waals surface area contributed by atoms with Crippen molar-refractivity contribution in [2.75, 3.05) is 19.8 Å². The van der Waals surface area contributed by atoms with Crippen molar-refractivity contribution in [3.05, 3.63) is 59.2 Å². The molecule has 2 aromatic carbocycles. The summed E-state index contributed by atoms with van der Waals surface area (Å²) in [6, 6.07) is 11.5. The third-order valence-electron chi connectivity index (χ3n) is 4.47. The number of ketones is 1. The minimum Gasteiger partial charge on any atom is -0.486 e. The first kappa shape index (κ1) is 18.0. The monoisotopic (exact) mass is 381 g/mol. The third-order valence-corrected chi connectivity index (χ3v) is 4.47. The second kappa shape index (κ2) is 7.72. The second-order valence-corrected chi connectivity index (χ2v) is 6.65. The molecular formula is C21H19NO6. The Kier molecular flexibility index (Phi) is 4.97. The summed E-state index contributed by atoms with van der Waals surface area (Å²) in [4.78, 5) is 37.1. The molecule has 1 aliphatic heterocycles. The van der Waals surface area contributed by atoms with Gasteiger partial charge in [-0.2, -0.15) is 0 Å². The number of fused-ring (bicyclic) bond motifs is 1. The molecule has 2 aliphatic rings. The van der Waals surface area contributed by atoms with E-state index in [1.807, 2.05) is 0 Å².